The molecule has 1 aliphatic heterocycles. The van der Waals surface area contributed by atoms with E-state index in [0.29, 0.717) is 17.2 Å². The van der Waals surface area contributed by atoms with Crippen LogP contribution in [-0.4, -0.2) is 50.2 Å². The van der Waals surface area contributed by atoms with Gasteiger partial charge in [-0.2, -0.15) is 32.8 Å². The van der Waals surface area contributed by atoms with E-state index >= 15 is 0 Å². The Morgan fingerprint density at radius 1 is 1.29 bits per heavy atom. The summed E-state index contributed by atoms with van der Waals surface area (Å²) in [7, 11) is 0. The number of nitrogens with one attached hydrogen (secondary N) is 3. The lowest BCUT2D eigenvalue weighted by Crippen LogP contribution is -2.19. The predicted octanol–water partition coefficient (Wildman–Crippen LogP) is 1.49. The van der Waals surface area contributed by atoms with Gasteiger partial charge in [-0.15, -0.1) is 0 Å². The Bertz CT molecular complexity index is 979. The van der Waals surface area contributed by atoms with Crippen LogP contribution >= 0.6 is 0 Å². The molecular weight excluding hydrogens is 379 g/mol. The molecular formula is C16H16F3N7O2. The predicted molar refractivity (Wildman–Crippen MR) is 92.3 cm³/mol. The van der Waals surface area contributed by atoms with Gasteiger partial charge in [0.15, 0.2) is 5.65 Å². The molecule has 3 heterocycles. The second-order valence-corrected chi connectivity index (χ2v) is 6.64. The van der Waals surface area contributed by atoms with E-state index in [9.17, 15) is 22.8 Å². The first kappa shape index (κ1) is 18.2. The smallest absolute Gasteiger partial charge is 0.354 e. The molecule has 0 aromatic carbocycles. The highest BCUT2D eigenvalue weighted by molar-refractivity contribution is 6.15. The van der Waals surface area contributed by atoms with Crippen molar-refractivity contribution in [2.24, 2.45) is 0 Å². The molecule has 148 valence electrons. The van der Waals surface area contributed by atoms with Crippen LogP contribution in [0.25, 0.3) is 11.7 Å². The van der Waals surface area contributed by atoms with Gasteiger partial charge in [-0.3, -0.25) is 14.9 Å². The molecule has 0 radical (unpaired) electrons. The Morgan fingerprint density at radius 2 is 2.07 bits per heavy atom. The van der Waals surface area contributed by atoms with Crippen LogP contribution in [0, 0.1) is 0 Å². The molecule has 2 aromatic heterocycles. The summed E-state index contributed by atoms with van der Waals surface area (Å²) in [4.78, 5) is 31.6. The van der Waals surface area contributed by atoms with Crippen molar-refractivity contribution in [3.8, 4) is 0 Å². The molecule has 1 saturated heterocycles. The van der Waals surface area contributed by atoms with Crippen LogP contribution in [-0.2, 0) is 9.59 Å². The van der Waals surface area contributed by atoms with Crippen molar-refractivity contribution in [3.63, 3.8) is 0 Å². The molecule has 4 rings (SSSR count). The van der Waals surface area contributed by atoms with Gasteiger partial charge >= 0.3 is 6.18 Å². The van der Waals surface area contributed by atoms with Crippen molar-refractivity contribution in [3.05, 3.63) is 17.3 Å². The Labute approximate surface area is 156 Å². The van der Waals surface area contributed by atoms with E-state index in [-0.39, 0.29) is 30.5 Å². The maximum absolute atomic E-state index is 12.4. The number of hydrogen-bond acceptors (Lipinski definition) is 7. The van der Waals surface area contributed by atoms with Crippen molar-refractivity contribution >= 4 is 35.4 Å². The minimum absolute atomic E-state index is 0.0204. The number of hydrogen-bond donors (Lipinski definition) is 3. The van der Waals surface area contributed by atoms with E-state index in [0.717, 1.165) is 12.8 Å². The van der Waals surface area contributed by atoms with E-state index in [1.165, 1.54) is 16.8 Å². The van der Waals surface area contributed by atoms with Crippen LogP contribution in [0.15, 0.2) is 11.8 Å². The van der Waals surface area contributed by atoms with Gasteiger partial charge in [0.25, 0.3) is 5.91 Å². The van der Waals surface area contributed by atoms with Gasteiger partial charge in [-0.1, -0.05) is 0 Å². The SMILES string of the molecule is O=C1C/C(=C\c2cnn3c(NC4CC4)nc(NCCC(F)(F)F)nc23)C(=O)N1. The molecule has 1 aliphatic carbocycles. The highest BCUT2D eigenvalue weighted by Gasteiger charge is 2.28. The van der Waals surface area contributed by atoms with Gasteiger partial charge in [0, 0.05) is 23.7 Å². The van der Waals surface area contributed by atoms with E-state index in [2.05, 4.69) is 31.0 Å². The second kappa shape index (κ2) is 6.77. The number of alkyl halides is 3. The second-order valence-electron chi connectivity index (χ2n) is 6.64. The monoisotopic (exact) mass is 395 g/mol. The largest absolute Gasteiger partial charge is 0.390 e. The van der Waals surface area contributed by atoms with Crippen LogP contribution in [0.3, 0.4) is 0 Å². The molecule has 12 heteroatoms. The minimum atomic E-state index is -4.29. The topological polar surface area (TPSA) is 113 Å². The highest BCUT2D eigenvalue weighted by Crippen LogP contribution is 2.26. The molecule has 2 aliphatic rings. The van der Waals surface area contributed by atoms with Crippen LogP contribution in [0.2, 0.25) is 0 Å². The zero-order chi connectivity index (χ0) is 19.9. The summed E-state index contributed by atoms with van der Waals surface area (Å²) in [5, 5.41) is 12.1. The van der Waals surface area contributed by atoms with Crippen molar-refractivity contribution in [1.29, 1.82) is 0 Å². The fourth-order valence-electron chi connectivity index (χ4n) is 2.70. The Balaban J connectivity index is 1.67. The number of anilines is 2. The number of fused-ring (bicyclic) bond motifs is 1. The Kier molecular flexibility index (Phi) is 4.40. The zero-order valence-corrected chi connectivity index (χ0v) is 14.5. The molecule has 1 saturated carbocycles. The summed E-state index contributed by atoms with van der Waals surface area (Å²) >= 11 is 0. The van der Waals surface area contributed by atoms with E-state index in [1.807, 2.05) is 0 Å². The van der Waals surface area contributed by atoms with Gasteiger partial charge in [0.2, 0.25) is 17.8 Å². The van der Waals surface area contributed by atoms with Crippen molar-refractivity contribution in [2.45, 2.75) is 37.9 Å². The average molecular weight is 395 g/mol. The number of rotatable bonds is 6. The van der Waals surface area contributed by atoms with Gasteiger partial charge in [-0.05, 0) is 18.9 Å². The third kappa shape index (κ3) is 4.05. The van der Waals surface area contributed by atoms with E-state index < -0.39 is 24.4 Å². The van der Waals surface area contributed by atoms with Gasteiger partial charge in [-0.25, -0.2) is 0 Å². The molecule has 2 amide bonds. The highest BCUT2D eigenvalue weighted by atomic mass is 19.4. The van der Waals surface area contributed by atoms with Gasteiger partial charge < -0.3 is 10.6 Å². The van der Waals surface area contributed by atoms with E-state index in [4.69, 9.17) is 0 Å². The number of imide groups is 1. The number of carbonyl (C=O) groups is 2. The number of halogens is 3. The van der Waals surface area contributed by atoms with Gasteiger partial charge in [0.05, 0.1) is 19.0 Å². The standard InChI is InChI=1S/C16H16F3N7O2/c17-16(18,19)3-4-20-14-24-12-9(5-8-6-11(27)23-13(8)28)7-21-26(12)15(25-14)22-10-1-2-10/h5,7,10H,1-4,6H2,(H,23,27,28)(H2,20,22,24,25)/b8-5+. The number of carbonyl (C=O) groups excluding carboxylic acids is 2. The lowest BCUT2D eigenvalue weighted by molar-refractivity contribution is -0.131. The summed E-state index contributed by atoms with van der Waals surface area (Å²) in [6.45, 7) is -0.371. The summed E-state index contributed by atoms with van der Waals surface area (Å²) < 4.78 is 38.6. The first-order valence-corrected chi connectivity index (χ1v) is 8.66. The summed E-state index contributed by atoms with van der Waals surface area (Å²) in [5.74, 6) is -0.517. The molecule has 0 bridgehead atoms. The normalized spacial score (nSPS) is 18.8. The average Bonchev–Trinajstić information content (AvgIpc) is 3.23. The summed E-state index contributed by atoms with van der Waals surface area (Å²) in [6.07, 6.45) is -0.483. The van der Waals surface area contributed by atoms with Crippen molar-refractivity contribution in [2.75, 3.05) is 17.2 Å². The number of amides is 2. The first-order valence-electron chi connectivity index (χ1n) is 8.66. The van der Waals surface area contributed by atoms with Crippen LogP contribution < -0.4 is 16.0 Å². The maximum Gasteiger partial charge on any atom is 0.390 e. The zero-order valence-electron chi connectivity index (χ0n) is 14.5. The van der Waals surface area contributed by atoms with Gasteiger partial charge in [0.1, 0.15) is 0 Å². The molecule has 2 fully saturated rings. The van der Waals surface area contributed by atoms with Crippen LogP contribution in [0.4, 0.5) is 25.1 Å². The lowest BCUT2D eigenvalue weighted by Gasteiger charge is -2.11. The quantitative estimate of drug-likeness (QED) is 0.502. The van der Waals surface area contributed by atoms with Crippen LogP contribution in [0.5, 0.6) is 0 Å². The molecule has 0 unspecified atom stereocenters. The fourth-order valence-corrected chi connectivity index (χ4v) is 2.70. The maximum atomic E-state index is 12.4. The first-order chi connectivity index (χ1) is 13.3. The lowest BCUT2D eigenvalue weighted by atomic mass is 10.1. The fraction of sp³-hybridized carbons (Fsp3) is 0.438. The number of aromatic nitrogens is 4. The summed E-state index contributed by atoms with van der Waals surface area (Å²) in [5.41, 5.74) is 1.04. The molecule has 9 nitrogen and oxygen atoms in total. The Morgan fingerprint density at radius 3 is 2.71 bits per heavy atom. The van der Waals surface area contributed by atoms with E-state index in [1.54, 1.807) is 0 Å². The Hall–Kier alpha value is -3.18. The van der Waals surface area contributed by atoms with Crippen LogP contribution in [0.1, 0.15) is 31.2 Å². The third-order valence-corrected chi connectivity index (χ3v) is 4.22. The van der Waals surface area contributed by atoms with Crippen molar-refractivity contribution < 1.29 is 22.8 Å². The number of nitrogens with zero attached hydrogens (tertiary/aromatic N) is 4. The molecule has 28 heavy (non-hydrogen) atoms. The molecule has 2 aromatic rings. The van der Waals surface area contributed by atoms with Crippen molar-refractivity contribution in [1.82, 2.24) is 24.9 Å². The molecule has 0 atom stereocenters. The minimum Gasteiger partial charge on any atom is -0.354 e. The molecule has 3 N–H and O–H groups in total. The third-order valence-electron chi connectivity index (χ3n) is 4.22. The molecule has 0 spiro atoms. The summed E-state index contributed by atoms with van der Waals surface area (Å²) in [6, 6.07) is 0.227.